The summed E-state index contributed by atoms with van der Waals surface area (Å²) in [7, 11) is 0. The van der Waals surface area contributed by atoms with Gasteiger partial charge in [-0.05, 0) is 17.7 Å². The number of nitrogens with zero attached hydrogens (tertiary/aromatic N) is 2. The van der Waals surface area contributed by atoms with Crippen LogP contribution in [0.25, 0.3) is 0 Å². The van der Waals surface area contributed by atoms with Gasteiger partial charge < -0.3 is 10.3 Å². The SMILES string of the molecule is Cl.NCCc1nc(Cc2ccc(Cl)cc2)no1. The smallest absolute Gasteiger partial charge is 0.227 e. The predicted molar refractivity (Wildman–Crippen MR) is 68.6 cm³/mol. The molecule has 0 spiro atoms. The van der Waals surface area contributed by atoms with E-state index in [1.54, 1.807) is 0 Å². The molecule has 0 bridgehead atoms. The molecule has 92 valence electrons. The Hall–Kier alpha value is -1.10. The topological polar surface area (TPSA) is 64.9 Å². The molecule has 0 aliphatic carbocycles. The van der Waals surface area contributed by atoms with Gasteiger partial charge in [0.25, 0.3) is 0 Å². The molecular weight excluding hydrogens is 261 g/mol. The summed E-state index contributed by atoms with van der Waals surface area (Å²) in [5.74, 6) is 1.26. The van der Waals surface area contributed by atoms with E-state index in [0.29, 0.717) is 31.1 Å². The fourth-order valence-corrected chi connectivity index (χ4v) is 1.50. The van der Waals surface area contributed by atoms with Crippen molar-refractivity contribution >= 4 is 24.0 Å². The molecule has 2 N–H and O–H groups in total. The first kappa shape index (κ1) is 14.0. The minimum atomic E-state index is 0. The Kier molecular flexibility index (Phi) is 5.41. The second-order valence-electron chi connectivity index (χ2n) is 3.45. The molecular formula is C11H13Cl2N3O. The maximum Gasteiger partial charge on any atom is 0.227 e. The molecule has 0 radical (unpaired) electrons. The molecule has 0 saturated heterocycles. The third kappa shape index (κ3) is 4.00. The van der Waals surface area contributed by atoms with Gasteiger partial charge in [0.2, 0.25) is 5.89 Å². The number of rotatable bonds is 4. The molecule has 1 aromatic heterocycles. The zero-order valence-corrected chi connectivity index (χ0v) is 10.7. The van der Waals surface area contributed by atoms with Crippen molar-refractivity contribution in [3.8, 4) is 0 Å². The van der Waals surface area contributed by atoms with Gasteiger partial charge in [0.15, 0.2) is 5.82 Å². The Morgan fingerprint density at radius 3 is 2.59 bits per heavy atom. The zero-order chi connectivity index (χ0) is 11.4. The van der Waals surface area contributed by atoms with Gasteiger partial charge in [-0.15, -0.1) is 12.4 Å². The highest BCUT2D eigenvalue weighted by atomic mass is 35.5. The lowest BCUT2D eigenvalue weighted by molar-refractivity contribution is 0.375. The van der Waals surface area contributed by atoms with E-state index in [9.17, 15) is 0 Å². The van der Waals surface area contributed by atoms with Crippen molar-refractivity contribution in [1.29, 1.82) is 0 Å². The fourth-order valence-electron chi connectivity index (χ4n) is 1.37. The third-order valence-electron chi connectivity index (χ3n) is 2.14. The predicted octanol–water partition coefficient (Wildman–Crippen LogP) is 2.24. The first-order valence-corrected chi connectivity index (χ1v) is 5.41. The Morgan fingerprint density at radius 2 is 1.94 bits per heavy atom. The number of benzene rings is 1. The highest BCUT2D eigenvalue weighted by molar-refractivity contribution is 6.30. The summed E-state index contributed by atoms with van der Waals surface area (Å²) in [5.41, 5.74) is 6.50. The van der Waals surface area contributed by atoms with Crippen LogP contribution in [0.3, 0.4) is 0 Å². The Bertz CT molecular complexity index is 456. The van der Waals surface area contributed by atoms with Crippen molar-refractivity contribution in [2.45, 2.75) is 12.8 Å². The van der Waals surface area contributed by atoms with E-state index < -0.39 is 0 Å². The monoisotopic (exact) mass is 273 g/mol. The molecule has 1 heterocycles. The molecule has 6 heteroatoms. The van der Waals surface area contributed by atoms with Crippen LogP contribution in [-0.2, 0) is 12.8 Å². The molecule has 4 nitrogen and oxygen atoms in total. The molecule has 17 heavy (non-hydrogen) atoms. The third-order valence-corrected chi connectivity index (χ3v) is 2.40. The number of hydrogen-bond acceptors (Lipinski definition) is 4. The normalized spacial score (nSPS) is 10.0. The van der Waals surface area contributed by atoms with Crippen LogP contribution in [0, 0.1) is 0 Å². The van der Waals surface area contributed by atoms with Crippen LogP contribution in [-0.4, -0.2) is 16.7 Å². The van der Waals surface area contributed by atoms with Gasteiger partial charge in [0.1, 0.15) is 0 Å². The maximum atomic E-state index is 5.80. The van der Waals surface area contributed by atoms with Crippen molar-refractivity contribution < 1.29 is 4.52 Å². The minimum Gasteiger partial charge on any atom is -0.339 e. The summed E-state index contributed by atoms with van der Waals surface area (Å²) in [6, 6.07) is 7.58. The lowest BCUT2D eigenvalue weighted by Crippen LogP contribution is -2.02. The molecule has 0 unspecified atom stereocenters. The van der Waals surface area contributed by atoms with E-state index >= 15 is 0 Å². The van der Waals surface area contributed by atoms with Crippen molar-refractivity contribution in [2.24, 2.45) is 5.73 Å². The summed E-state index contributed by atoms with van der Waals surface area (Å²) < 4.78 is 5.03. The van der Waals surface area contributed by atoms with E-state index in [1.807, 2.05) is 24.3 Å². The van der Waals surface area contributed by atoms with Crippen LogP contribution >= 0.6 is 24.0 Å². The molecule has 1 aromatic carbocycles. The summed E-state index contributed by atoms with van der Waals surface area (Å²) in [5, 5.41) is 4.60. The van der Waals surface area contributed by atoms with Gasteiger partial charge in [-0.1, -0.05) is 28.9 Å². The fraction of sp³-hybridized carbons (Fsp3) is 0.273. The number of nitrogens with two attached hydrogens (primary N) is 1. The van der Waals surface area contributed by atoms with Gasteiger partial charge in [0, 0.05) is 24.4 Å². The van der Waals surface area contributed by atoms with E-state index in [0.717, 1.165) is 10.6 Å². The molecule has 0 aliphatic rings. The van der Waals surface area contributed by atoms with E-state index in [-0.39, 0.29) is 12.4 Å². The van der Waals surface area contributed by atoms with E-state index in [2.05, 4.69) is 10.1 Å². The lowest BCUT2D eigenvalue weighted by Gasteiger charge is -1.96. The number of halogens is 2. The maximum absolute atomic E-state index is 5.80. The molecule has 2 aromatic rings. The minimum absolute atomic E-state index is 0. The second-order valence-corrected chi connectivity index (χ2v) is 3.88. The Balaban J connectivity index is 0.00000144. The Labute approximate surface area is 111 Å². The molecule has 0 amide bonds. The van der Waals surface area contributed by atoms with Gasteiger partial charge in [-0.2, -0.15) is 4.98 Å². The average molecular weight is 274 g/mol. The molecule has 0 atom stereocenters. The summed E-state index contributed by atoms with van der Waals surface area (Å²) in [4.78, 5) is 4.23. The second kappa shape index (κ2) is 6.59. The van der Waals surface area contributed by atoms with E-state index in [4.69, 9.17) is 21.9 Å². The molecule has 0 saturated carbocycles. The molecule has 0 fully saturated rings. The standard InChI is InChI=1S/C11H12ClN3O.ClH/c12-9-3-1-8(2-4-9)7-10-14-11(5-6-13)16-15-10;/h1-4H,5-7,13H2;1H. The van der Waals surface area contributed by atoms with Gasteiger partial charge >= 0.3 is 0 Å². The largest absolute Gasteiger partial charge is 0.339 e. The van der Waals surface area contributed by atoms with Gasteiger partial charge in [0.05, 0.1) is 0 Å². The summed E-state index contributed by atoms with van der Waals surface area (Å²) in [6.45, 7) is 0.516. The summed E-state index contributed by atoms with van der Waals surface area (Å²) in [6.07, 6.45) is 1.26. The Morgan fingerprint density at radius 1 is 1.24 bits per heavy atom. The highest BCUT2D eigenvalue weighted by Crippen LogP contribution is 2.12. The first-order valence-electron chi connectivity index (χ1n) is 5.04. The van der Waals surface area contributed by atoms with Crippen molar-refractivity contribution in [2.75, 3.05) is 6.54 Å². The van der Waals surface area contributed by atoms with Gasteiger partial charge in [-0.25, -0.2) is 0 Å². The molecule has 0 aliphatic heterocycles. The van der Waals surface area contributed by atoms with Crippen molar-refractivity contribution in [1.82, 2.24) is 10.1 Å². The van der Waals surface area contributed by atoms with Crippen LogP contribution in [0.2, 0.25) is 5.02 Å². The first-order chi connectivity index (χ1) is 7.78. The van der Waals surface area contributed by atoms with Crippen LogP contribution < -0.4 is 5.73 Å². The van der Waals surface area contributed by atoms with Crippen LogP contribution in [0.15, 0.2) is 28.8 Å². The van der Waals surface area contributed by atoms with Crippen LogP contribution in [0.1, 0.15) is 17.3 Å². The van der Waals surface area contributed by atoms with Crippen LogP contribution in [0.4, 0.5) is 0 Å². The van der Waals surface area contributed by atoms with Gasteiger partial charge in [-0.3, -0.25) is 0 Å². The zero-order valence-electron chi connectivity index (χ0n) is 9.10. The van der Waals surface area contributed by atoms with Crippen molar-refractivity contribution in [3.63, 3.8) is 0 Å². The highest BCUT2D eigenvalue weighted by Gasteiger charge is 2.06. The lowest BCUT2D eigenvalue weighted by atomic mass is 10.1. The quantitative estimate of drug-likeness (QED) is 0.928. The average Bonchev–Trinajstić information content (AvgIpc) is 2.70. The molecule has 2 rings (SSSR count). The summed E-state index contributed by atoms with van der Waals surface area (Å²) >= 11 is 5.80. The number of aromatic nitrogens is 2. The van der Waals surface area contributed by atoms with Crippen LogP contribution in [0.5, 0.6) is 0 Å². The number of hydrogen-bond donors (Lipinski definition) is 1. The van der Waals surface area contributed by atoms with E-state index in [1.165, 1.54) is 0 Å². The van der Waals surface area contributed by atoms with Crippen molar-refractivity contribution in [3.05, 3.63) is 46.6 Å².